The molecule has 12 nitrogen and oxygen atoms in total. The Morgan fingerprint density at radius 2 is 2.15 bits per heavy atom. The first-order chi connectivity index (χ1) is 16.3. The molecule has 1 atom stereocenters. The number of aliphatic hydroxyl groups excluding tert-OH is 1. The van der Waals surface area contributed by atoms with Crippen molar-refractivity contribution in [2.45, 2.75) is 19.6 Å². The number of carbonyl (C=O) groups is 1. The standard InChI is InChI=1S/C9H13NO.C8H12N6O.C5H10O3/c1-10-7-8-4-3-5-9(6-8)11-2;1-5-11-6(4-15)3-7(12-5)8(9)13-14(2)10;6-3-5-4-7-1-2-8-5/h3-6,10H,7H2,1-2H3;3-4H,10H2,1-2H3,(H2,9,13);5-6H,1-4H2/t;;5-/m..1/s1. The molecule has 1 saturated heterocycles. The van der Waals surface area contributed by atoms with Crippen molar-refractivity contribution >= 4 is 12.1 Å². The third kappa shape index (κ3) is 11.6. The van der Waals surface area contributed by atoms with Gasteiger partial charge in [-0.3, -0.25) is 4.79 Å². The number of nitrogens with two attached hydrogens (primary N) is 2. The number of hydrazine groups is 1. The minimum absolute atomic E-state index is 0.0694. The number of hydrazone groups is 1. The fourth-order valence-corrected chi connectivity index (χ4v) is 2.63. The Balaban J connectivity index is 0.000000268. The number of hydrogen-bond donors (Lipinski definition) is 4. The van der Waals surface area contributed by atoms with Crippen LogP contribution in [0.5, 0.6) is 5.75 Å². The van der Waals surface area contributed by atoms with Gasteiger partial charge in [-0.25, -0.2) is 20.9 Å². The highest BCUT2D eigenvalue weighted by molar-refractivity contribution is 5.96. The van der Waals surface area contributed by atoms with Gasteiger partial charge in [0, 0.05) is 13.6 Å². The number of methoxy groups -OCH3 is 1. The first-order valence-electron chi connectivity index (χ1n) is 10.5. The number of carbonyl (C=O) groups excluding carboxylic acids is 1. The van der Waals surface area contributed by atoms with E-state index < -0.39 is 0 Å². The lowest BCUT2D eigenvalue weighted by Gasteiger charge is -2.20. The van der Waals surface area contributed by atoms with E-state index in [1.165, 1.54) is 18.7 Å². The molecule has 1 fully saturated rings. The molecule has 1 aromatic carbocycles. The van der Waals surface area contributed by atoms with E-state index in [4.69, 9.17) is 30.9 Å². The minimum atomic E-state index is -0.0799. The van der Waals surface area contributed by atoms with E-state index >= 15 is 0 Å². The van der Waals surface area contributed by atoms with Crippen molar-refractivity contribution in [3.05, 3.63) is 53.1 Å². The van der Waals surface area contributed by atoms with Gasteiger partial charge in [-0.1, -0.05) is 12.1 Å². The molecule has 0 spiro atoms. The second kappa shape index (κ2) is 16.5. The monoisotopic (exact) mass is 477 g/mol. The van der Waals surface area contributed by atoms with E-state index in [-0.39, 0.29) is 24.2 Å². The smallest absolute Gasteiger partial charge is 0.171 e. The number of aryl methyl sites for hydroxylation is 1. The summed E-state index contributed by atoms with van der Waals surface area (Å²) in [6, 6.07) is 9.47. The highest BCUT2D eigenvalue weighted by atomic mass is 16.6. The Morgan fingerprint density at radius 3 is 2.68 bits per heavy atom. The summed E-state index contributed by atoms with van der Waals surface area (Å²) >= 11 is 0. The summed E-state index contributed by atoms with van der Waals surface area (Å²) in [6.45, 7) is 4.44. The third-order valence-electron chi connectivity index (χ3n) is 4.11. The normalized spacial score (nSPS) is 15.2. The molecule has 0 aliphatic carbocycles. The predicted octanol–water partition coefficient (Wildman–Crippen LogP) is -0.168. The van der Waals surface area contributed by atoms with Crippen LogP contribution in [0.1, 0.15) is 27.6 Å². The van der Waals surface area contributed by atoms with Gasteiger partial charge in [0.15, 0.2) is 12.1 Å². The average Bonchev–Trinajstić information content (AvgIpc) is 2.85. The van der Waals surface area contributed by atoms with Gasteiger partial charge in [0.1, 0.15) is 29.1 Å². The molecular weight excluding hydrogens is 442 g/mol. The van der Waals surface area contributed by atoms with Crippen molar-refractivity contribution < 1.29 is 24.1 Å². The third-order valence-corrected chi connectivity index (χ3v) is 4.11. The van der Waals surface area contributed by atoms with Gasteiger partial charge in [0.05, 0.1) is 33.5 Å². The summed E-state index contributed by atoms with van der Waals surface area (Å²) in [5.41, 5.74) is 7.49. The molecule has 6 N–H and O–H groups in total. The van der Waals surface area contributed by atoms with Crippen LogP contribution < -0.4 is 21.6 Å². The summed E-state index contributed by atoms with van der Waals surface area (Å²) in [4.78, 5) is 18.5. The topological polar surface area (TPSA) is 170 Å². The van der Waals surface area contributed by atoms with Crippen molar-refractivity contribution in [2.75, 3.05) is 47.6 Å². The zero-order valence-corrected chi connectivity index (χ0v) is 20.1. The summed E-state index contributed by atoms with van der Waals surface area (Å²) in [7, 11) is 5.14. The van der Waals surface area contributed by atoms with Gasteiger partial charge < -0.3 is 30.4 Å². The first-order valence-corrected chi connectivity index (χ1v) is 10.5. The molecule has 0 bridgehead atoms. The summed E-state index contributed by atoms with van der Waals surface area (Å²) in [5.74, 6) is 6.79. The van der Waals surface area contributed by atoms with E-state index in [0.717, 1.165) is 17.4 Å². The highest BCUT2D eigenvalue weighted by Crippen LogP contribution is 2.11. The van der Waals surface area contributed by atoms with Crippen LogP contribution >= 0.6 is 0 Å². The molecule has 1 aliphatic heterocycles. The van der Waals surface area contributed by atoms with Crippen LogP contribution in [-0.4, -0.2) is 86.1 Å². The van der Waals surface area contributed by atoms with Gasteiger partial charge in [0.25, 0.3) is 0 Å². The molecule has 34 heavy (non-hydrogen) atoms. The molecular formula is C22H35N7O5. The molecule has 2 heterocycles. The zero-order chi connectivity index (χ0) is 25.3. The van der Waals surface area contributed by atoms with Gasteiger partial charge in [-0.2, -0.15) is 0 Å². The number of aromatic nitrogens is 2. The Kier molecular flexibility index (Phi) is 14.0. The van der Waals surface area contributed by atoms with E-state index in [0.29, 0.717) is 37.6 Å². The minimum Gasteiger partial charge on any atom is -0.497 e. The van der Waals surface area contributed by atoms with E-state index in [9.17, 15) is 4.79 Å². The van der Waals surface area contributed by atoms with Crippen LogP contribution in [0.25, 0.3) is 0 Å². The SMILES string of the molecule is CNCc1cccc(OC)c1.Cc1nc(C=O)cc(/C(N)=N/N(C)N)n1.OC[C@@H]1COCCO1. The Hall–Kier alpha value is -3.16. The lowest BCUT2D eigenvalue weighted by molar-refractivity contribution is -0.105. The zero-order valence-electron chi connectivity index (χ0n) is 20.1. The van der Waals surface area contributed by atoms with E-state index in [1.807, 2.05) is 25.2 Å². The largest absolute Gasteiger partial charge is 0.497 e. The second-order valence-electron chi connectivity index (χ2n) is 7.03. The van der Waals surface area contributed by atoms with Crippen LogP contribution in [0.3, 0.4) is 0 Å². The summed E-state index contributed by atoms with van der Waals surface area (Å²) < 4.78 is 15.1. The molecule has 2 aromatic rings. The van der Waals surface area contributed by atoms with Crippen molar-refractivity contribution in [1.29, 1.82) is 0 Å². The molecule has 0 radical (unpaired) electrons. The quantitative estimate of drug-likeness (QED) is 0.137. The van der Waals surface area contributed by atoms with Gasteiger partial charge in [-0.15, -0.1) is 5.10 Å². The average molecular weight is 478 g/mol. The molecule has 0 amide bonds. The van der Waals surface area contributed by atoms with Crippen molar-refractivity contribution in [3.63, 3.8) is 0 Å². The Labute approximate surface area is 199 Å². The molecule has 12 heteroatoms. The first kappa shape index (κ1) is 28.9. The molecule has 1 aliphatic rings. The molecule has 0 unspecified atom stereocenters. The van der Waals surface area contributed by atoms with Crippen LogP contribution in [-0.2, 0) is 16.0 Å². The van der Waals surface area contributed by atoms with Gasteiger partial charge >= 0.3 is 0 Å². The molecule has 3 rings (SSSR count). The molecule has 188 valence electrons. The van der Waals surface area contributed by atoms with E-state index in [2.05, 4.69) is 26.5 Å². The maximum Gasteiger partial charge on any atom is 0.171 e. The second-order valence-corrected chi connectivity index (χ2v) is 7.03. The number of aliphatic hydroxyl groups is 1. The van der Waals surface area contributed by atoms with Crippen LogP contribution in [0.15, 0.2) is 35.4 Å². The molecule has 1 aromatic heterocycles. The lowest BCUT2D eigenvalue weighted by Crippen LogP contribution is -2.31. The Bertz CT molecular complexity index is 890. The lowest BCUT2D eigenvalue weighted by atomic mass is 10.2. The van der Waals surface area contributed by atoms with Crippen molar-refractivity contribution in [1.82, 2.24) is 20.4 Å². The van der Waals surface area contributed by atoms with Crippen LogP contribution in [0.4, 0.5) is 0 Å². The highest BCUT2D eigenvalue weighted by Gasteiger charge is 2.11. The number of benzene rings is 1. The molecule has 0 saturated carbocycles. The maximum absolute atomic E-state index is 10.5. The number of ether oxygens (including phenoxy) is 3. The van der Waals surface area contributed by atoms with Crippen LogP contribution in [0.2, 0.25) is 0 Å². The predicted molar refractivity (Wildman–Crippen MR) is 128 cm³/mol. The van der Waals surface area contributed by atoms with Crippen molar-refractivity contribution in [2.24, 2.45) is 16.7 Å². The Morgan fingerprint density at radius 1 is 1.38 bits per heavy atom. The number of aldehydes is 1. The van der Waals surface area contributed by atoms with Crippen molar-refractivity contribution in [3.8, 4) is 5.75 Å². The maximum atomic E-state index is 10.5. The number of rotatable bonds is 7. The number of amidine groups is 1. The number of nitrogens with one attached hydrogen (secondary N) is 1. The summed E-state index contributed by atoms with van der Waals surface area (Å²) in [6.07, 6.45) is 0.543. The fraction of sp³-hybridized carbons (Fsp3) is 0.455. The number of nitrogens with zero attached hydrogens (tertiary/aromatic N) is 4. The van der Waals surface area contributed by atoms with Crippen LogP contribution in [0, 0.1) is 6.92 Å². The van der Waals surface area contributed by atoms with E-state index in [1.54, 1.807) is 14.0 Å². The fourth-order valence-electron chi connectivity index (χ4n) is 2.63. The van der Waals surface area contributed by atoms with Gasteiger partial charge in [-0.05, 0) is 37.7 Å². The number of hydrogen-bond acceptors (Lipinski definition) is 11. The summed E-state index contributed by atoms with van der Waals surface area (Å²) in [5, 5.41) is 16.4. The van der Waals surface area contributed by atoms with Gasteiger partial charge in [0.2, 0.25) is 0 Å².